The van der Waals surface area contributed by atoms with Crippen molar-refractivity contribution in [3.63, 3.8) is 0 Å². The van der Waals surface area contributed by atoms with E-state index in [1.54, 1.807) is 18.7 Å². The number of benzene rings is 1. The number of piperidine rings is 1. The summed E-state index contributed by atoms with van der Waals surface area (Å²) in [4.78, 5) is 15.1. The minimum Gasteiger partial charge on any atom is -0.335 e. The number of hydrogen-bond acceptors (Lipinski definition) is 4. The van der Waals surface area contributed by atoms with Crippen molar-refractivity contribution in [2.24, 2.45) is 11.7 Å². The Kier molecular flexibility index (Phi) is 6.09. The molecule has 1 aliphatic carbocycles. The van der Waals surface area contributed by atoms with Gasteiger partial charge >= 0.3 is 0 Å². The largest absolute Gasteiger partial charge is 0.335 e. The van der Waals surface area contributed by atoms with Crippen LogP contribution >= 0.6 is 0 Å². The van der Waals surface area contributed by atoms with Gasteiger partial charge in [-0.15, -0.1) is 0 Å². The van der Waals surface area contributed by atoms with Crippen molar-refractivity contribution in [2.75, 3.05) is 0 Å². The number of amides is 1. The van der Waals surface area contributed by atoms with Gasteiger partial charge in [0.25, 0.3) is 0 Å². The third-order valence-electron chi connectivity index (χ3n) is 7.05. The lowest BCUT2D eigenvalue weighted by Crippen LogP contribution is -2.61. The molecule has 2 saturated heterocycles. The van der Waals surface area contributed by atoms with Gasteiger partial charge in [0.15, 0.2) is 11.6 Å². The van der Waals surface area contributed by atoms with Crippen molar-refractivity contribution in [3.05, 3.63) is 35.1 Å². The second kappa shape index (κ2) is 8.29. The van der Waals surface area contributed by atoms with Crippen molar-refractivity contribution in [1.29, 1.82) is 0 Å². The van der Waals surface area contributed by atoms with Crippen LogP contribution in [-0.4, -0.2) is 48.1 Å². The highest BCUT2D eigenvalue weighted by atomic mass is 32.2. The summed E-state index contributed by atoms with van der Waals surface area (Å²) in [6, 6.07) is 0.782. The van der Waals surface area contributed by atoms with Crippen LogP contribution in [0.3, 0.4) is 0 Å². The van der Waals surface area contributed by atoms with E-state index in [-0.39, 0.29) is 35.9 Å². The fraction of sp³-hybridized carbons (Fsp3) is 0.682. The lowest BCUT2D eigenvalue weighted by atomic mass is 9.82. The Balaban J connectivity index is 1.43. The molecule has 1 aromatic carbocycles. The number of sulfonamides is 1. The fourth-order valence-corrected chi connectivity index (χ4v) is 6.95. The maximum Gasteiger partial charge on any atom is 0.243 e. The Bertz CT molecular complexity index is 999. The Morgan fingerprint density at radius 3 is 2.22 bits per heavy atom. The minimum absolute atomic E-state index is 0.00432. The molecule has 0 spiro atoms. The number of carbonyl (C=O) groups excluding carboxylic acids is 1. The Labute approximate surface area is 186 Å². The number of hydrogen-bond donors (Lipinski definition) is 2. The van der Waals surface area contributed by atoms with E-state index in [9.17, 15) is 26.4 Å². The Morgan fingerprint density at radius 2 is 1.66 bits per heavy atom. The fourth-order valence-electron chi connectivity index (χ4n) is 5.22. The Hall–Kier alpha value is -1.65. The minimum atomic E-state index is -3.52. The summed E-state index contributed by atoms with van der Waals surface area (Å²) < 4.78 is 68.1. The molecule has 178 valence electrons. The van der Waals surface area contributed by atoms with Crippen molar-refractivity contribution >= 4 is 15.9 Å². The van der Waals surface area contributed by atoms with Crippen LogP contribution in [0.2, 0.25) is 0 Å². The molecule has 2 bridgehead atoms. The third kappa shape index (κ3) is 4.54. The van der Waals surface area contributed by atoms with Crippen LogP contribution in [0.5, 0.6) is 0 Å². The average Bonchev–Trinajstić information content (AvgIpc) is 3.51. The molecule has 1 aromatic rings. The smallest absolute Gasteiger partial charge is 0.243 e. The SMILES string of the molecule is CC(C)(NS(=O)(=O)C1CC1)C(=O)N1[C@@H]2CC[C@H]1CC([C@H](N)Cc1cc(F)c(F)cc1F)C2. The van der Waals surface area contributed by atoms with Crippen molar-refractivity contribution in [2.45, 2.75) is 87.7 Å². The van der Waals surface area contributed by atoms with Gasteiger partial charge in [-0.05, 0) is 76.3 Å². The molecule has 32 heavy (non-hydrogen) atoms. The van der Waals surface area contributed by atoms with Gasteiger partial charge in [-0.2, -0.15) is 4.72 Å². The first-order valence-corrected chi connectivity index (χ1v) is 12.7. The first kappa shape index (κ1) is 23.5. The average molecular weight is 474 g/mol. The van der Waals surface area contributed by atoms with E-state index in [1.165, 1.54) is 0 Å². The molecule has 3 aliphatic rings. The van der Waals surface area contributed by atoms with E-state index in [0.29, 0.717) is 31.7 Å². The zero-order valence-electron chi connectivity index (χ0n) is 18.3. The molecule has 0 radical (unpaired) electrons. The number of carbonyl (C=O) groups is 1. The molecule has 0 aromatic heterocycles. The molecule has 3 fully saturated rings. The van der Waals surface area contributed by atoms with E-state index in [2.05, 4.69) is 4.72 Å². The predicted octanol–water partition coefficient (Wildman–Crippen LogP) is 2.60. The molecule has 1 unspecified atom stereocenters. The van der Waals surface area contributed by atoms with Gasteiger partial charge in [-0.1, -0.05) is 0 Å². The van der Waals surface area contributed by atoms with Crippen molar-refractivity contribution in [3.8, 4) is 0 Å². The predicted molar refractivity (Wildman–Crippen MR) is 114 cm³/mol. The normalized spacial score (nSPS) is 26.9. The van der Waals surface area contributed by atoms with Gasteiger partial charge in [0.05, 0.1) is 5.25 Å². The summed E-state index contributed by atoms with van der Waals surface area (Å²) in [6.07, 6.45) is 4.13. The maximum atomic E-state index is 14.0. The summed E-state index contributed by atoms with van der Waals surface area (Å²) in [6.45, 7) is 3.19. The van der Waals surface area contributed by atoms with E-state index in [0.717, 1.165) is 18.9 Å². The number of halogens is 3. The van der Waals surface area contributed by atoms with Gasteiger partial charge in [-0.25, -0.2) is 21.6 Å². The summed E-state index contributed by atoms with van der Waals surface area (Å²) in [5.74, 6) is -3.41. The number of nitrogens with zero attached hydrogens (tertiary/aromatic N) is 1. The molecular weight excluding hydrogens is 443 g/mol. The van der Waals surface area contributed by atoms with Crippen LogP contribution in [0.1, 0.15) is 57.9 Å². The topological polar surface area (TPSA) is 92.5 Å². The monoisotopic (exact) mass is 473 g/mol. The molecule has 3 N–H and O–H groups in total. The standard InChI is InChI=1S/C22H30F3N3O3S/c1-22(2,27-32(30,31)16-5-6-16)21(29)28-14-3-4-15(28)8-13(7-14)20(26)10-12-9-18(24)19(25)11-17(12)23/h9,11,13-16,20,27H,3-8,10,26H2,1-2H3/t13?,14-,15+,20-/m1/s1. The van der Waals surface area contributed by atoms with Crippen LogP contribution in [0.25, 0.3) is 0 Å². The van der Waals surface area contributed by atoms with Gasteiger partial charge in [0, 0.05) is 24.2 Å². The highest BCUT2D eigenvalue weighted by molar-refractivity contribution is 7.90. The van der Waals surface area contributed by atoms with Gasteiger partial charge in [0.2, 0.25) is 15.9 Å². The highest BCUT2D eigenvalue weighted by Gasteiger charge is 2.50. The molecule has 2 aliphatic heterocycles. The number of nitrogens with two attached hydrogens (primary N) is 1. The third-order valence-corrected chi connectivity index (χ3v) is 9.19. The molecule has 4 rings (SSSR count). The summed E-state index contributed by atoms with van der Waals surface area (Å²) >= 11 is 0. The van der Waals surface area contributed by atoms with Crippen LogP contribution in [0.15, 0.2) is 12.1 Å². The second-order valence-electron chi connectivity index (χ2n) is 10.0. The number of fused-ring (bicyclic) bond motifs is 2. The van der Waals surface area contributed by atoms with Crippen LogP contribution in [-0.2, 0) is 21.2 Å². The van der Waals surface area contributed by atoms with Gasteiger partial charge < -0.3 is 10.6 Å². The van der Waals surface area contributed by atoms with Crippen molar-refractivity contribution in [1.82, 2.24) is 9.62 Å². The quantitative estimate of drug-likeness (QED) is 0.596. The van der Waals surface area contributed by atoms with Crippen LogP contribution in [0, 0.1) is 23.4 Å². The van der Waals surface area contributed by atoms with Crippen molar-refractivity contribution < 1.29 is 26.4 Å². The van der Waals surface area contributed by atoms with Gasteiger partial charge in [0.1, 0.15) is 11.4 Å². The number of nitrogens with one attached hydrogen (secondary N) is 1. The van der Waals surface area contributed by atoms with E-state index in [1.807, 2.05) is 0 Å². The molecule has 1 saturated carbocycles. The Morgan fingerprint density at radius 1 is 1.09 bits per heavy atom. The van der Waals surface area contributed by atoms with Crippen LogP contribution in [0.4, 0.5) is 13.2 Å². The number of rotatable bonds is 7. The molecule has 1 amide bonds. The summed E-state index contributed by atoms with van der Waals surface area (Å²) in [7, 11) is -3.52. The zero-order chi connectivity index (χ0) is 23.4. The maximum absolute atomic E-state index is 14.0. The molecule has 2 heterocycles. The summed E-state index contributed by atoms with van der Waals surface area (Å²) in [5.41, 5.74) is 5.14. The lowest BCUT2D eigenvalue weighted by molar-refractivity contribution is -0.141. The van der Waals surface area contributed by atoms with Crippen LogP contribution < -0.4 is 10.5 Å². The highest BCUT2D eigenvalue weighted by Crippen LogP contribution is 2.41. The lowest BCUT2D eigenvalue weighted by Gasteiger charge is -2.44. The second-order valence-corrected chi connectivity index (χ2v) is 12.0. The first-order chi connectivity index (χ1) is 14.9. The van der Waals surface area contributed by atoms with E-state index < -0.39 is 44.3 Å². The molecule has 10 heteroatoms. The first-order valence-electron chi connectivity index (χ1n) is 11.1. The zero-order valence-corrected chi connectivity index (χ0v) is 19.1. The molecule has 6 nitrogen and oxygen atoms in total. The van der Waals surface area contributed by atoms with E-state index >= 15 is 0 Å². The van der Waals surface area contributed by atoms with Gasteiger partial charge in [-0.3, -0.25) is 4.79 Å². The summed E-state index contributed by atoms with van der Waals surface area (Å²) in [5, 5.41) is -0.410. The molecular formula is C22H30F3N3O3S. The molecule has 4 atom stereocenters. The van der Waals surface area contributed by atoms with E-state index in [4.69, 9.17) is 5.73 Å².